The summed E-state index contributed by atoms with van der Waals surface area (Å²) in [6.45, 7) is 0. The Morgan fingerprint density at radius 1 is 0.964 bits per heavy atom. The van der Waals surface area contributed by atoms with Crippen molar-refractivity contribution in [2.75, 3.05) is 26.2 Å². The quantitative estimate of drug-likeness (QED) is 0.321. The molecule has 10 heteroatoms. The number of hydrogen-bond donors (Lipinski definition) is 0. The van der Waals surface area contributed by atoms with Gasteiger partial charge in [-0.1, -0.05) is 6.08 Å². The Morgan fingerprint density at radius 2 is 1.61 bits per heavy atom. The highest BCUT2D eigenvalue weighted by Gasteiger charge is 2.30. The van der Waals surface area contributed by atoms with Crippen molar-refractivity contribution < 1.29 is 33.5 Å². The van der Waals surface area contributed by atoms with Gasteiger partial charge in [0.15, 0.2) is 0 Å². The average Bonchev–Trinajstić information content (AvgIpc) is 2.94. The molecule has 1 aliphatic heterocycles. The molecule has 0 saturated carbocycles. The number of methoxy groups -OCH3 is 3. The molecule has 146 valence electrons. The first-order valence-electron chi connectivity index (χ1n) is 7.77. The highest BCUT2D eigenvalue weighted by Crippen LogP contribution is 2.32. The molecule has 1 aromatic rings. The second-order valence-corrected chi connectivity index (χ2v) is 5.27. The third-order valence-electron chi connectivity index (χ3n) is 3.75. The van der Waals surface area contributed by atoms with Crippen LogP contribution in [-0.2, 0) is 23.8 Å². The maximum Gasteiger partial charge on any atom is 0.355 e. The molecule has 2 rings (SSSR count). The zero-order chi connectivity index (χ0) is 20.8. The van der Waals surface area contributed by atoms with Crippen molar-refractivity contribution in [3.63, 3.8) is 0 Å². The number of benzene rings is 1. The average molecular weight is 388 g/mol. The first-order chi connectivity index (χ1) is 13.3. The van der Waals surface area contributed by atoms with E-state index in [-0.39, 0.29) is 28.2 Å². The fourth-order valence-corrected chi connectivity index (χ4v) is 2.47. The summed E-state index contributed by atoms with van der Waals surface area (Å²) >= 11 is 0. The fourth-order valence-electron chi connectivity index (χ4n) is 2.47. The van der Waals surface area contributed by atoms with Crippen molar-refractivity contribution >= 4 is 29.3 Å². The predicted octanol–water partition coefficient (Wildman–Crippen LogP) is 1.87. The van der Waals surface area contributed by atoms with Gasteiger partial charge in [0.05, 0.1) is 43.1 Å². The molecule has 0 amide bonds. The summed E-state index contributed by atoms with van der Waals surface area (Å²) in [5, 5.41) is 11.2. The van der Waals surface area contributed by atoms with E-state index in [4.69, 9.17) is 14.2 Å². The molecule has 0 radical (unpaired) electrons. The maximum absolute atomic E-state index is 12.5. The van der Waals surface area contributed by atoms with Crippen LogP contribution < -0.4 is 4.90 Å². The smallest absolute Gasteiger partial charge is 0.355 e. The Labute approximate surface area is 159 Å². The molecule has 0 saturated heterocycles. The SMILES string of the molecule is COC(=O)C1=C(C(=O)OC)N(c2cc([N+](=O)[O-])ccc2C(=O)OC)C=CC=C1. The minimum atomic E-state index is -0.918. The van der Waals surface area contributed by atoms with Crippen LogP contribution in [0.3, 0.4) is 0 Å². The number of anilines is 1. The van der Waals surface area contributed by atoms with Gasteiger partial charge in [-0.2, -0.15) is 0 Å². The second-order valence-electron chi connectivity index (χ2n) is 5.27. The predicted molar refractivity (Wildman–Crippen MR) is 96.3 cm³/mol. The van der Waals surface area contributed by atoms with Crippen LogP contribution in [0, 0.1) is 10.1 Å². The Kier molecular flexibility index (Phi) is 6.27. The second kappa shape index (κ2) is 8.62. The number of hydrogen-bond acceptors (Lipinski definition) is 9. The van der Waals surface area contributed by atoms with Crippen LogP contribution in [0.1, 0.15) is 10.4 Å². The van der Waals surface area contributed by atoms with Crippen LogP contribution in [-0.4, -0.2) is 44.2 Å². The Morgan fingerprint density at radius 3 is 2.18 bits per heavy atom. The topological polar surface area (TPSA) is 125 Å². The lowest BCUT2D eigenvalue weighted by Gasteiger charge is -2.24. The lowest BCUT2D eigenvalue weighted by molar-refractivity contribution is -0.384. The van der Waals surface area contributed by atoms with Gasteiger partial charge in [0.1, 0.15) is 5.70 Å². The molecule has 0 aliphatic carbocycles. The van der Waals surface area contributed by atoms with Crippen LogP contribution in [0.25, 0.3) is 0 Å². The maximum atomic E-state index is 12.5. The molecule has 0 N–H and O–H groups in total. The van der Waals surface area contributed by atoms with E-state index in [1.807, 2.05) is 0 Å². The molecule has 10 nitrogen and oxygen atoms in total. The van der Waals surface area contributed by atoms with Crippen molar-refractivity contribution in [2.24, 2.45) is 0 Å². The van der Waals surface area contributed by atoms with Gasteiger partial charge in [-0.05, 0) is 18.2 Å². The first-order valence-corrected chi connectivity index (χ1v) is 7.77. The third kappa shape index (κ3) is 3.90. The summed E-state index contributed by atoms with van der Waals surface area (Å²) in [4.78, 5) is 48.5. The number of carbonyl (C=O) groups excluding carboxylic acids is 3. The molecule has 0 unspecified atom stereocenters. The monoisotopic (exact) mass is 388 g/mol. The van der Waals surface area contributed by atoms with Crippen LogP contribution in [0.5, 0.6) is 0 Å². The van der Waals surface area contributed by atoms with Crippen molar-refractivity contribution in [1.82, 2.24) is 0 Å². The summed E-state index contributed by atoms with van der Waals surface area (Å²) in [6.07, 6.45) is 5.61. The van der Waals surface area contributed by atoms with Gasteiger partial charge in [-0.25, -0.2) is 14.4 Å². The van der Waals surface area contributed by atoms with Crippen molar-refractivity contribution in [3.05, 3.63) is 69.6 Å². The third-order valence-corrected chi connectivity index (χ3v) is 3.75. The van der Waals surface area contributed by atoms with E-state index in [2.05, 4.69) is 0 Å². The molecule has 0 fully saturated rings. The lowest BCUT2D eigenvalue weighted by atomic mass is 10.1. The van der Waals surface area contributed by atoms with Gasteiger partial charge >= 0.3 is 17.9 Å². The molecular formula is C18H16N2O8. The van der Waals surface area contributed by atoms with Crippen molar-refractivity contribution in [3.8, 4) is 0 Å². The van der Waals surface area contributed by atoms with Crippen LogP contribution >= 0.6 is 0 Å². The summed E-state index contributed by atoms with van der Waals surface area (Å²) in [6, 6.07) is 3.40. The minimum Gasteiger partial charge on any atom is -0.465 e. The first kappa shape index (κ1) is 20.4. The number of nitro benzene ring substituents is 1. The van der Waals surface area contributed by atoms with E-state index in [1.54, 1.807) is 0 Å². The summed E-state index contributed by atoms with van der Waals surface area (Å²) in [7, 11) is 3.38. The van der Waals surface area contributed by atoms with Crippen LogP contribution in [0.2, 0.25) is 0 Å². The molecule has 1 aromatic carbocycles. The molecule has 28 heavy (non-hydrogen) atoms. The van der Waals surface area contributed by atoms with E-state index in [1.165, 1.54) is 30.5 Å². The number of carbonyl (C=O) groups is 3. The molecule has 0 spiro atoms. The number of ether oxygens (including phenoxy) is 3. The van der Waals surface area contributed by atoms with Gasteiger partial charge in [0.25, 0.3) is 5.69 Å². The normalized spacial score (nSPS) is 13.0. The van der Waals surface area contributed by atoms with Gasteiger partial charge < -0.3 is 19.1 Å². The molecule has 0 aromatic heterocycles. The summed E-state index contributed by atoms with van der Waals surface area (Å²) in [5.74, 6) is -2.55. The van der Waals surface area contributed by atoms with Crippen molar-refractivity contribution in [2.45, 2.75) is 0 Å². The largest absolute Gasteiger partial charge is 0.465 e. The van der Waals surface area contributed by atoms with E-state index >= 15 is 0 Å². The zero-order valence-corrected chi connectivity index (χ0v) is 15.2. The summed E-state index contributed by atoms with van der Waals surface area (Å²) < 4.78 is 14.2. The minimum absolute atomic E-state index is 0.0530. The zero-order valence-electron chi connectivity index (χ0n) is 15.2. The van der Waals surface area contributed by atoms with E-state index in [0.29, 0.717) is 0 Å². The van der Waals surface area contributed by atoms with Crippen LogP contribution in [0.15, 0.2) is 53.9 Å². The Hall–Kier alpha value is -3.95. The lowest BCUT2D eigenvalue weighted by Crippen LogP contribution is -2.28. The fraction of sp³-hybridized carbons (Fsp3) is 0.167. The molecule has 1 aliphatic rings. The Bertz CT molecular complexity index is 930. The molecule has 0 atom stereocenters. The van der Waals surface area contributed by atoms with Crippen LogP contribution in [0.4, 0.5) is 11.4 Å². The molecule has 0 bridgehead atoms. The molecular weight excluding hydrogens is 372 g/mol. The number of allylic oxidation sites excluding steroid dienone is 2. The highest BCUT2D eigenvalue weighted by atomic mass is 16.6. The number of nitro groups is 1. The van der Waals surface area contributed by atoms with E-state index in [0.717, 1.165) is 38.4 Å². The van der Waals surface area contributed by atoms with Gasteiger partial charge in [0, 0.05) is 18.3 Å². The number of nitrogens with zero attached hydrogens (tertiary/aromatic N) is 2. The van der Waals surface area contributed by atoms with Gasteiger partial charge in [-0.3, -0.25) is 10.1 Å². The van der Waals surface area contributed by atoms with E-state index in [9.17, 15) is 24.5 Å². The Balaban J connectivity index is 2.83. The number of non-ortho nitro benzene ring substituents is 1. The summed E-state index contributed by atoms with van der Waals surface area (Å²) in [5.41, 5.74) is -0.906. The van der Waals surface area contributed by atoms with Gasteiger partial charge in [0.2, 0.25) is 0 Å². The molecule has 1 heterocycles. The van der Waals surface area contributed by atoms with E-state index < -0.39 is 22.8 Å². The standard InChI is InChI=1S/C18H16N2O8/c1-26-16(21)12-8-7-11(20(24)25)10-14(12)19-9-5-4-6-13(17(22)27-2)15(19)18(23)28-3/h4-10H,1-3H3. The number of esters is 3. The van der Waals surface area contributed by atoms with Gasteiger partial charge in [-0.15, -0.1) is 0 Å². The van der Waals surface area contributed by atoms with Crippen molar-refractivity contribution in [1.29, 1.82) is 0 Å². The number of rotatable bonds is 5. The highest BCUT2D eigenvalue weighted by molar-refractivity contribution is 6.07.